The lowest BCUT2D eigenvalue weighted by atomic mass is 10.0. The third-order valence-corrected chi connectivity index (χ3v) is 10.9. The van der Waals surface area contributed by atoms with Gasteiger partial charge >= 0.3 is 5.97 Å². The Morgan fingerprint density at radius 1 is 0.724 bits per heavy atom. The minimum Gasteiger partial charge on any atom is -0.480 e. The van der Waals surface area contributed by atoms with Crippen molar-refractivity contribution in [2.45, 2.75) is 127 Å². The van der Waals surface area contributed by atoms with Crippen LogP contribution < -0.4 is 38.1 Å². The molecule has 0 radical (unpaired) electrons. The average molecular weight is 862 g/mol. The maximum absolute atomic E-state index is 13.9. The monoisotopic (exact) mass is 861 g/mol. The van der Waals surface area contributed by atoms with Crippen LogP contribution in [0.15, 0.2) is 0 Å². The molecule has 0 bridgehead atoms. The molecule has 0 spiro atoms. The lowest BCUT2D eigenvalue weighted by molar-refractivity contribution is -0.146. The predicted octanol–water partition coefficient (Wildman–Crippen LogP) is -4.22. The highest BCUT2D eigenvalue weighted by molar-refractivity contribution is 7.98. The molecule has 0 aromatic rings. The summed E-state index contributed by atoms with van der Waals surface area (Å²) in [6.45, 7) is 5.85. The van der Waals surface area contributed by atoms with Gasteiger partial charge in [-0.05, 0) is 63.9 Å². The second-order valence-corrected chi connectivity index (χ2v) is 16.1. The molecule has 0 saturated carbocycles. The van der Waals surface area contributed by atoms with E-state index in [1.165, 1.54) is 23.6 Å². The molecule has 2 heterocycles. The number of aliphatic hydroxyl groups excluding tert-OH is 2. The fourth-order valence-electron chi connectivity index (χ4n) is 6.58. The first-order chi connectivity index (χ1) is 27.2. The Balaban J connectivity index is 2.23. The van der Waals surface area contributed by atoms with Crippen LogP contribution in [0.1, 0.15) is 66.2 Å². The molecule has 0 aromatic carbocycles. The number of carbonyl (C=O) groups is 9. The summed E-state index contributed by atoms with van der Waals surface area (Å²) < 4.78 is 0. The van der Waals surface area contributed by atoms with Crippen molar-refractivity contribution >= 4 is 77.6 Å². The molecular weight excluding hydrogens is 803 g/mol. The van der Waals surface area contributed by atoms with Crippen LogP contribution >= 0.6 is 24.4 Å². The highest BCUT2D eigenvalue weighted by atomic mass is 32.2. The largest absolute Gasteiger partial charge is 0.480 e. The van der Waals surface area contributed by atoms with Crippen LogP contribution in [0, 0.1) is 5.92 Å². The minimum atomic E-state index is -1.77. The van der Waals surface area contributed by atoms with Crippen molar-refractivity contribution in [2.24, 2.45) is 17.4 Å². The van der Waals surface area contributed by atoms with Crippen LogP contribution in [0.4, 0.5) is 0 Å². The SMILES string of the molecule is CSCC[C@H](NC(=O)[C@@H](N)CS)C(=O)N1CCC[C@H]1C(=O)N[C@H](C(=O)N[C@H](C(=O)N1CCC[C@H]1C(=O)N[C@@H](CC(N)=O)C(=O)N[C@H](C(=O)O)[C@@H](C)O)[C@@H](C)O)C(C)C. The fraction of sp³-hybridized carbons (Fsp3) is 0.743. The van der Waals surface area contributed by atoms with E-state index in [0.29, 0.717) is 18.6 Å². The molecule has 12 N–H and O–H groups in total. The first kappa shape index (κ1) is 50.0. The van der Waals surface area contributed by atoms with E-state index in [0.717, 1.165) is 11.8 Å². The number of hydrogen-bond donors (Lipinski definition) is 11. The lowest BCUT2D eigenvalue weighted by Crippen LogP contribution is -2.62. The van der Waals surface area contributed by atoms with Gasteiger partial charge in [-0.25, -0.2) is 4.79 Å². The van der Waals surface area contributed by atoms with Gasteiger partial charge in [0.05, 0.1) is 24.7 Å². The zero-order valence-corrected chi connectivity index (χ0v) is 35.1. The van der Waals surface area contributed by atoms with Crippen molar-refractivity contribution in [3.8, 4) is 0 Å². The molecule has 0 aliphatic carbocycles. The Morgan fingerprint density at radius 3 is 1.71 bits per heavy atom. The molecule has 8 amide bonds. The van der Waals surface area contributed by atoms with E-state index < -0.39 is 126 Å². The number of thioether (sulfide) groups is 1. The maximum Gasteiger partial charge on any atom is 0.328 e. The summed E-state index contributed by atoms with van der Waals surface area (Å²) in [5, 5.41) is 42.0. The number of nitrogens with one attached hydrogen (secondary N) is 5. The van der Waals surface area contributed by atoms with Crippen LogP contribution in [-0.2, 0) is 43.2 Å². The normalized spacial score (nSPS) is 20.7. The lowest BCUT2D eigenvalue weighted by Gasteiger charge is -2.33. The number of carbonyl (C=O) groups excluding carboxylic acids is 8. The number of carboxylic acids is 1. The Morgan fingerprint density at radius 2 is 1.24 bits per heavy atom. The van der Waals surface area contributed by atoms with E-state index in [-0.39, 0.29) is 38.1 Å². The molecule has 2 aliphatic rings. The predicted molar refractivity (Wildman–Crippen MR) is 214 cm³/mol. The van der Waals surface area contributed by atoms with Crippen molar-refractivity contribution in [3.63, 3.8) is 0 Å². The summed E-state index contributed by atoms with van der Waals surface area (Å²) in [4.78, 5) is 120. The topological polar surface area (TPSA) is 333 Å². The first-order valence-corrected chi connectivity index (χ1v) is 21.0. The zero-order chi connectivity index (χ0) is 44.0. The van der Waals surface area contributed by atoms with Crippen molar-refractivity contribution in [1.82, 2.24) is 36.4 Å². The van der Waals surface area contributed by atoms with E-state index in [1.54, 1.807) is 13.8 Å². The number of amides is 8. The van der Waals surface area contributed by atoms with Crippen LogP contribution in [-0.4, -0.2) is 170 Å². The van der Waals surface area contributed by atoms with Gasteiger partial charge in [0, 0.05) is 18.8 Å². The fourth-order valence-corrected chi connectivity index (χ4v) is 7.21. The Hall–Kier alpha value is -4.19. The van der Waals surface area contributed by atoms with Crippen molar-refractivity contribution in [1.29, 1.82) is 0 Å². The molecule has 10 atom stereocenters. The van der Waals surface area contributed by atoms with Crippen LogP contribution in [0.5, 0.6) is 0 Å². The standard InChI is InChI=1S/C35H59N9O12S2/c1-16(2)25(40-31(51)23-9-6-11-43(23)33(53)20(10-13-58-5)38-28(48)19(36)15-57)32(52)41-26(17(3)45)34(54)44-12-7-8-22(44)30(50)39-21(14-24(37)47)29(49)42-27(18(4)46)35(55)56/h16-23,25-27,45-46,57H,6-15,36H2,1-5H3,(H2,37,47)(H,38,48)(H,39,50)(H,40,51)(H,41,52)(H,42,49)(H,55,56)/t17-,18-,19+,20+,21+,22+,23+,25+,26+,27+/m1/s1. The van der Waals surface area contributed by atoms with Gasteiger partial charge in [0.1, 0.15) is 36.3 Å². The zero-order valence-electron chi connectivity index (χ0n) is 33.3. The van der Waals surface area contributed by atoms with Crippen molar-refractivity contribution < 1.29 is 58.5 Å². The molecule has 58 heavy (non-hydrogen) atoms. The molecule has 2 rings (SSSR count). The second-order valence-electron chi connectivity index (χ2n) is 14.8. The van der Waals surface area contributed by atoms with E-state index >= 15 is 0 Å². The molecular formula is C35H59N9O12S2. The number of carboxylic acid groups (broad SMARTS) is 1. The molecule has 328 valence electrons. The van der Waals surface area contributed by atoms with Crippen molar-refractivity contribution in [3.05, 3.63) is 0 Å². The van der Waals surface area contributed by atoms with Gasteiger partial charge in [0.15, 0.2) is 6.04 Å². The average Bonchev–Trinajstić information content (AvgIpc) is 3.85. The summed E-state index contributed by atoms with van der Waals surface area (Å²) in [5.41, 5.74) is 11.1. The number of likely N-dealkylation sites (tertiary alicyclic amines) is 2. The minimum absolute atomic E-state index is 0.000662. The third-order valence-electron chi connectivity index (χ3n) is 9.81. The highest BCUT2D eigenvalue weighted by Gasteiger charge is 2.43. The summed E-state index contributed by atoms with van der Waals surface area (Å²) in [7, 11) is 0. The molecule has 21 nitrogen and oxygen atoms in total. The highest BCUT2D eigenvalue weighted by Crippen LogP contribution is 2.22. The summed E-state index contributed by atoms with van der Waals surface area (Å²) in [6.07, 6.45) is -0.528. The van der Waals surface area contributed by atoms with Gasteiger partial charge in [-0.1, -0.05) is 13.8 Å². The summed E-state index contributed by atoms with van der Waals surface area (Å²) in [6, 6.07) is -10.4. The number of aliphatic hydroxyl groups is 2. The number of hydrogen-bond acceptors (Lipinski definition) is 14. The smallest absolute Gasteiger partial charge is 0.328 e. The van der Waals surface area contributed by atoms with E-state index in [4.69, 9.17) is 11.5 Å². The van der Waals surface area contributed by atoms with Gasteiger partial charge in [-0.3, -0.25) is 38.4 Å². The maximum atomic E-state index is 13.9. The third kappa shape index (κ3) is 14.0. The molecule has 0 unspecified atom stereocenters. The van der Waals surface area contributed by atoms with Gasteiger partial charge in [0.25, 0.3) is 0 Å². The second kappa shape index (κ2) is 23.4. The number of primary amides is 1. The molecule has 2 aliphatic heterocycles. The number of nitrogens with two attached hydrogens (primary N) is 2. The summed E-state index contributed by atoms with van der Waals surface area (Å²) in [5.74, 6) is -7.99. The van der Waals surface area contributed by atoms with E-state index in [2.05, 4.69) is 33.9 Å². The Bertz CT molecular complexity index is 1520. The quantitative estimate of drug-likeness (QED) is 0.0460. The number of nitrogens with zero attached hydrogens (tertiary/aromatic N) is 2. The molecule has 2 fully saturated rings. The van der Waals surface area contributed by atoms with Gasteiger partial charge in [0.2, 0.25) is 47.3 Å². The van der Waals surface area contributed by atoms with Gasteiger partial charge < -0.3 is 63.2 Å². The molecule has 0 aromatic heterocycles. The van der Waals surface area contributed by atoms with E-state index in [9.17, 15) is 58.5 Å². The molecule has 2 saturated heterocycles. The van der Waals surface area contributed by atoms with Gasteiger partial charge in [-0.15, -0.1) is 0 Å². The van der Waals surface area contributed by atoms with E-state index in [1.807, 2.05) is 11.6 Å². The Kier molecular flexibility index (Phi) is 20.2. The molecule has 23 heteroatoms. The van der Waals surface area contributed by atoms with Crippen LogP contribution in [0.2, 0.25) is 0 Å². The number of thiol groups is 1. The first-order valence-electron chi connectivity index (χ1n) is 19.0. The van der Waals surface area contributed by atoms with Crippen molar-refractivity contribution in [2.75, 3.05) is 30.9 Å². The Labute approximate surface area is 346 Å². The number of rotatable bonds is 22. The van der Waals surface area contributed by atoms with Gasteiger partial charge in [-0.2, -0.15) is 24.4 Å². The summed E-state index contributed by atoms with van der Waals surface area (Å²) >= 11 is 5.52. The van der Waals surface area contributed by atoms with Crippen LogP contribution in [0.3, 0.4) is 0 Å². The van der Waals surface area contributed by atoms with Crippen LogP contribution in [0.25, 0.3) is 0 Å². The number of aliphatic carboxylic acids is 1.